The van der Waals surface area contributed by atoms with Gasteiger partial charge in [-0.25, -0.2) is 4.98 Å². The molecule has 0 aliphatic carbocycles. The molecule has 1 aromatic carbocycles. The van der Waals surface area contributed by atoms with Gasteiger partial charge in [0.2, 0.25) is 0 Å². The first kappa shape index (κ1) is 13.3. The van der Waals surface area contributed by atoms with Crippen molar-refractivity contribution in [2.75, 3.05) is 24.6 Å². The molecule has 2 heterocycles. The average molecular weight is 287 g/mol. The third-order valence-electron chi connectivity index (χ3n) is 3.51. The highest BCUT2D eigenvalue weighted by molar-refractivity contribution is 7.80. The number of fused-ring (bicyclic) bond motifs is 1. The van der Waals surface area contributed by atoms with Crippen molar-refractivity contribution >= 4 is 33.9 Å². The van der Waals surface area contributed by atoms with Crippen molar-refractivity contribution in [2.45, 2.75) is 13.0 Å². The molecule has 5 heteroatoms. The Bertz CT molecular complexity index is 659. The number of morpholine rings is 1. The Morgan fingerprint density at radius 1 is 1.45 bits per heavy atom. The predicted octanol–water partition coefficient (Wildman–Crippen LogP) is 2.09. The molecule has 0 bridgehead atoms. The van der Waals surface area contributed by atoms with Gasteiger partial charge in [-0.3, -0.25) is 0 Å². The lowest BCUT2D eigenvalue weighted by atomic mass is 10.1. The minimum absolute atomic E-state index is 0.191. The number of hydrogen-bond acceptors (Lipinski definition) is 4. The van der Waals surface area contributed by atoms with Crippen LogP contribution in [-0.2, 0) is 4.74 Å². The molecule has 0 spiro atoms. The highest BCUT2D eigenvalue weighted by atomic mass is 32.1. The molecule has 0 amide bonds. The fourth-order valence-corrected chi connectivity index (χ4v) is 2.69. The van der Waals surface area contributed by atoms with E-state index in [1.807, 2.05) is 30.3 Å². The smallest absolute Gasteiger partial charge is 0.139 e. The second-order valence-corrected chi connectivity index (χ2v) is 5.48. The maximum Gasteiger partial charge on any atom is 0.139 e. The van der Waals surface area contributed by atoms with E-state index in [0.29, 0.717) is 11.6 Å². The van der Waals surface area contributed by atoms with Crippen molar-refractivity contribution in [2.24, 2.45) is 5.73 Å². The van der Waals surface area contributed by atoms with Gasteiger partial charge in [-0.1, -0.05) is 30.4 Å². The van der Waals surface area contributed by atoms with E-state index in [4.69, 9.17) is 27.7 Å². The third-order valence-corrected chi connectivity index (χ3v) is 3.73. The molecule has 1 aliphatic rings. The number of nitrogens with zero attached hydrogens (tertiary/aromatic N) is 2. The van der Waals surface area contributed by atoms with Gasteiger partial charge in [-0.05, 0) is 19.1 Å². The largest absolute Gasteiger partial charge is 0.389 e. The number of thiocarbonyl (C=S) groups is 1. The summed E-state index contributed by atoms with van der Waals surface area (Å²) < 4.78 is 5.58. The van der Waals surface area contributed by atoms with Crippen molar-refractivity contribution in [3.63, 3.8) is 0 Å². The van der Waals surface area contributed by atoms with Gasteiger partial charge in [0.1, 0.15) is 10.8 Å². The molecule has 104 valence electrons. The molecule has 2 aromatic rings. The first-order chi connectivity index (χ1) is 9.65. The molecule has 2 N–H and O–H groups in total. The second kappa shape index (κ2) is 5.34. The zero-order valence-electron chi connectivity index (χ0n) is 11.4. The monoisotopic (exact) mass is 287 g/mol. The Morgan fingerprint density at radius 3 is 3.00 bits per heavy atom. The molecule has 1 aromatic heterocycles. The Balaban J connectivity index is 2.11. The van der Waals surface area contributed by atoms with Gasteiger partial charge in [0.25, 0.3) is 0 Å². The number of nitrogens with two attached hydrogens (primary N) is 1. The topological polar surface area (TPSA) is 51.4 Å². The van der Waals surface area contributed by atoms with Crippen molar-refractivity contribution in [3.8, 4) is 0 Å². The van der Waals surface area contributed by atoms with Crippen LogP contribution in [0.2, 0.25) is 0 Å². The van der Waals surface area contributed by atoms with E-state index < -0.39 is 0 Å². The maximum absolute atomic E-state index is 5.88. The van der Waals surface area contributed by atoms with Crippen LogP contribution in [0.25, 0.3) is 10.9 Å². The van der Waals surface area contributed by atoms with Gasteiger partial charge < -0.3 is 15.4 Å². The first-order valence-electron chi connectivity index (χ1n) is 6.71. The summed E-state index contributed by atoms with van der Waals surface area (Å²) in [5.74, 6) is 0.867. The summed E-state index contributed by atoms with van der Waals surface area (Å²) in [6, 6.07) is 10.0. The zero-order valence-corrected chi connectivity index (χ0v) is 12.2. The van der Waals surface area contributed by atoms with E-state index in [1.165, 1.54) is 0 Å². The lowest BCUT2D eigenvalue weighted by Crippen LogP contribution is -2.42. The summed E-state index contributed by atoms with van der Waals surface area (Å²) in [7, 11) is 0. The van der Waals surface area contributed by atoms with Crippen LogP contribution in [0.5, 0.6) is 0 Å². The lowest BCUT2D eigenvalue weighted by molar-refractivity contribution is 0.0529. The first-order valence-corrected chi connectivity index (χ1v) is 7.12. The number of anilines is 1. The number of aromatic nitrogens is 1. The maximum atomic E-state index is 5.88. The Kier molecular flexibility index (Phi) is 3.54. The van der Waals surface area contributed by atoms with Crippen molar-refractivity contribution in [1.82, 2.24) is 4.98 Å². The summed E-state index contributed by atoms with van der Waals surface area (Å²) in [5.41, 5.74) is 7.68. The second-order valence-electron chi connectivity index (χ2n) is 5.04. The van der Waals surface area contributed by atoms with Crippen LogP contribution in [-0.4, -0.2) is 35.8 Å². The highest BCUT2D eigenvalue weighted by Crippen LogP contribution is 2.25. The zero-order chi connectivity index (χ0) is 14.1. The normalized spacial score (nSPS) is 19.2. The van der Waals surface area contributed by atoms with Crippen molar-refractivity contribution in [1.29, 1.82) is 0 Å². The molecule has 3 rings (SSSR count). The molecule has 1 fully saturated rings. The molecule has 1 atom stereocenters. The van der Waals surface area contributed by atoms with E-state index in [9.17, 15) is 0 Å². The summed E-state index contributed by atoms with van der Waals surface area (Å²) >= 11 is 5.19. The van der Waals surface area contributed by atoms with E-state index in [1.54, 1.807) is 0 Å². The fraction of sp³-hybridized carbons (Fsp3) is 0.333. The minimum atomic E-state index is 0.191. The fourth-order valence-electron chi connectivity index (χ4n) is 2.54. The highest BCUT2D eigenvalue weighted by Gasteiger charge is 2.21. The van der Waals surface area contributed by atoms with E-state index in [-0.39, 0.29) is 6.10 Å². The van der Waals surface area contributed by atoms with Crippen LogP contribution in [0.3, 0.4) is 0 Å². The van der Waals surface area contributed by atoms with Gasteiger partial charge in [0, 0.05) is 18.5 Å². The van der Waals surface area contributed by atoms with Gasteiger partial charge in [-0.2, -0.15) is 0 Å². The van der Waals surface area contributed by atoms with Crippen LogP contribution in [0.15, 0.2) is 30.3 Å². The number of benzene rings is 1. The number of pyridine rings is 1. The van der Waals surface area contributed by atoms with Gasteiger partial charge in [-0.15, -0.1) is 0 Å². The molecule has 1 unspecified atom stereocenters. The predicted molar refractivity (Wildman–Crippen MR) is 85.3 cm³/mol. The summed E-state index contributed by atoms with van der Waals surface area (Å²) in [6.07, 6.45) is 0.191. The van der Waals surface area contributed by atoms with E-state index >= 15 is 0 Å². The Labute approximate surface area is 123 Å². The molecule has 0 radical (unpaired) electrons. The van der Waals surface area contributed by atoms with Crippen LogP contribution in [0.1, 0.15) is 12.5 Å². The van der Waals surface area contributed by atoms with Crippen LogP contribution in [0.4, 0.5) is 5.82 Å². The minimum Gasteiger partial charge on any atom is -0.389 e. The standard InChI is InChI=1S/C15H17N3OS/c1-10-9-18(6-7-19-10)15-12(14(16)20)8-11-4-2-3-5-13(11)17-15/h2-5,8,10H,6-7,9H2,1H3,(H2,16,20). The molecule has 1 saturated heterocycles. The molecular weight excluding hydrogens is 270 g/mol. The quantitative estimate of drug-likeness (QED) is 0.857. The average Bonchev–Trinajstić information content (AvgIpc) is 2.46. The van der Waals surface area contributed by atoms with Gasteiger partial charge in [0.05, 0.1) is 23.8 Å². The van der Waals surface area contributed by atoms with Gasteiger partial charge in [0.15, 0.2) is 0 Å². The van der Waals surface area contributed by atoms with E-state index in [0.717, 1.165) is 35.4 Å². The van der Waals surface area contributed by atoms with Crippen LogP contribution < -0.4 is 10.6 Å². The van der Waals surface area contributed by atoms with Crippen molar-refractivity contribution in [3.05, 3.63) is 35.9 Å². The molecule has 1 aliphatic heterocycles. The lowest BCUT2D eigenvalue weighted by Gasteiger charge is -2.33. The molecular formula is C15H17N3OS. The third kappa shape index (κ3) is 2.46. The van der Waals surface area contributed by atoms with Crippen LogP contribution in [0, 0.1) is 0 Å². The molecule has 20 heavy (non-hydrogen) atoms. The summed E-state index contributed by atoms with van der Waals surface area (Å²) in [5, 5.41) is 1.06. The Hall–Kier alpha value is -1.72. The SMILES string of the molecule is CC1CN(c2nc3ccccc3cc2C(N)=S)CCO1. The number of para-hydroxylation sites is 1. The van der Waals surface area contributed by atoms with Gasteiger partial charge >= 0.3 is 0 Å². The van der Waals surface area contributed by atoms with E-state index in [2.05, 4.69) is 11.8 Å². The number of hydrogen-bond donors (Lipinski definition) is 1. The Morgan fingerprint density at radius 2 is 2.25 bits per heavy atom. The number of rotatable bonds is 2. The van der Waals surface area contributed by atoms with Crippen molar-refractivity contribution < 1.29 is 4.74 Å². The molecule has 4 nitrogen and oxygen atoms in total. The van der Waals surface area contributed by atoms with Crippen LogP contribution >= 0.6 is 12.2 Å². The number of ether oxygens (including phenoxy) is 1. The molecule has 0 saturated carbocycles. The summed E-state index contributed by atoms with van der Waals surface area (Å²) in [4.78, 5) is 7.35. The summed E-state index contributed by atoms with van der Waals surface area (Å²) in [6.45, 7) is 4.38.